The number of hydrogen-bond acceptors (Lipinski definition) is 4. The van der Waals surface area contributed by atoms with Gasteiger partial charge < -0.3 is 10.1 Å². The summed E-state index contributed by atoms with van der Waals surface area (Å²) in [5.74, 6) is -0.198. The first-order chi connectivity index (χ1) is 14.9. The number of amides is 1. The molecule has 0 radical (unpaired) electrons. The zero-order valence-corrected chi connectivity index (χ0v) is 18.6. The van der Waals surface area contributed by atoms with E-state index in [1.165, 1.54) is 30.6 Å². The van der Waals surface area contributed by atoms with Crippen molar-refractivity contribution in [2.45, 2.75) is 24.8 Å². The van der Waals surface area contributed by atoms with E-state index in [2.05, 4.69) is 5.32 Å². The summed E-state index contributed by atoms with van der Waals surface area (Å²) in [5.41, 5.74) is 2.80. The summed E-state index contributed by atoms with van der Waals surface area (Å²) >= 11 is 0. The molecule has 3 aromatic carbocycles. The second-order valence-corrected chi connectivity index (χ2v) is 9.09. The molecule has 0 unspecified atom stereocenters. The minimum atomic E-state index is -3.89. The average molecular weight is 439 g/mol. The van der Waals surface area contributed by atoms with Crippen LogP contribution in [0.4, 0.5) is 5.69 Å². The van der Waals surface area contributed by atoms with Crippen molar-refractivity contribution in [3.8, 4) is 5.75 Å². The van der Waals surface area contributed by atoms with Crippen LogP contribution < -0.4 is 10.1 Å². The normalized spacial score (nSPS) is 11.4. The number of nitrogens with zero attached hydrogens (tertiary/aromatic N) is 1. The molecule has 0 spiro atoms. The van der Waals surface area contributed by atoms with Crippen molar-refractivity contribution in [3.63, 3.8) is 0 Å². The Morgan fingerprint density at radius 3 is 2.35 bits per heavy atom. The fraction of sp³-hybridized carbons (Fsp3) is 0.208. The molecule has 0 heterocycles. The van der Waals surface area contributed by atoms with Crippen LogP contribution in [0.25, 0.3) is 0 Å². The van der Waals surface area contributed by atoms with Crippen molar-refractivity contribution in [2.75, 3.05) is 19.5 Å². The molecule has 31 heavy (non-hydrogen) atoms. The Balaban J connectivity index is 1.91. The third-order valence-corrected chi connectivity index (χ3v) is 6.83. The van der Waals surface area contributed by atoms with Crippen LogP contribution in [-0.4, -0.2) is 32.8 Å². The second-order valence-electron chi connectivity index (χ2n) is 7.08. The number of rotatable bonds is 8. The Hall–Kier alpha value is -3.16. The smallest absolute Gasteiger partial charge is 0.255 e. The predicted molar refractivity (Wildman–Crippen MR) is 122 cm³/mol. The largest absolute Gasteiger partial charge is 0.495 e. The third-order valence-electron chi connectivity index (χ3n) is 5.01. The molecule has 6 nitrogen and oxygen atoms in total. The molecule has 0 saturated carbocycles. The predicted octanol–water partition coefficient (Wildman–Crippen LogP) is 4.33. The molecule has 3 aromatic rings. The van der Waals surface area contributed by atoms with E-state index < -0.39 is 10.0 Å². The van der Waals surface area contributed by atoms with Gasteiger partial charge in [0, 0.05) is 24.8 Å². The number of carbonyl (C=O) groups excluding carboxylic acids is 1. The van der Waals surface area contributed by atoms with E-state index in [9.17, 15) is 13.2 Å². The zero-order valence-electron chi connectivity index (χ0n) is 17.8. The van der Waals surface area contributed by atoms with E-state index in [4.69, 9.17) is 4.74 Å². The van der Waals surface area contributed by atoms with Gasteiger partial charge >= 0.3 is 0 Å². The fourth-order valence-corrected chi connectivity index (χ4v) is 4.59. The molecule has 7 heteroatoms. The molecule has 1 amide bonds. The number of sulfonamides is 1. The molecule has 0 aliphatic rings. The number of carbonyl (C=O) groups is 1. The number of aryl methyl sites for hydroxylation is 1. The van der Waals surface area contributed by atoms with Crippen LogP contribution in [0.2, 0.25) is 0 Å². The second kappa shape index (κ2) is 9.76. The highest BCUT2D eigenvalue weighted by Crippen LogP contribution is 2.29. The van der Waals surface area contributed by atoms with Gasteiger partial charge in [0.15, 0.2) is 0 Å². The van der Waals surface area contributed by atoms with Crippen molar-refractivity contribution in [2.24, 2.45) is 0 Å². The molecule has 3 rings (SSSR count). The SMILES string of the molecule is CCc1ccccc1NC(=O)c1ccc(OC)c(S(=O)(=O)N(C)Cc2ccccc2)c1. The van der Waals surface area contributed by atoms with Crippen molar-refractivity contribution in [3.05, 3.63) is 89.5 Å². The highest BCUT2D eigenvalue weighted by molar-refractivity contribution is 7.89. The van der Waals surface area contributed by atoms with Gasteiger partial charge in [-0.15, -0.1) is 0 Å². The van der Waals surface area contributed by atoms with Crippen LogP contribution in [0.5, 0.6) is 5.75 Å². The standard InChI is InChI=1S/C24H26N2O4S/c1-4-19-12-8-9-13-21(19)25-24(27)20-14-15-22(30-3)23(16-20)31(28,29)26(2)17-18-10-6-5-7-11-18/h5-16H,4,17H2,1-3H3,(H,25,27). The van der Waals surface area contributed by atoms with Gasteiger partial charge in [-0.1, -0.05) is 55.5 Å². The molecule has 162 valence electrons. The number of benzene rings is 3. The highest BCUT2D eigenvalue weighted by atomic mass is 32.2. The molecule has 1 N–H and O–H groups in total. The molecule has 0 fully saturated rings. The number of hydrogen-bond donors (Lipinski definition) is 1. The maximum atomic E-state index is 13.3. The maximum absolute atomic E-state index is 13.3. The van der Waals surface area contributed by atoms with Crippen LogP contribution in [0.1, 0.15) is 28.4 Å². The maximum Gasteiger partial charge on any atom is 0.255 e. The van der Waals surface area contributed by atoms with E-state index in [-0.39, 0.29) is 28.7 Å². The topological polar surface area (TPSA) is 75.7 Å². The Kier molecular flexibility index (Phi) is 7.09. The van der Waals surface area contributed by atoms with Crippen molar-refractivity contribution in [1.29, 1.82) is 0 Å². The molecule has 0 aromatic heterocycles. The lowest BCUT2D eigenvalue weighted by molar-refractivity contribution is 0.102. The Bertz CT molecular complexity index is 1160. The third kappa shape index (κ3) is 5.13. The summed E-state index contributed by atoms with van der Waals surface area (Å²) in [6.07, 6.45) is 0.767. The van der Waals surface area contributed by atoms with Gasteiger partial charge in [-0.3, -0.25) is 4.79 Å². The Labute approximate surface area is 183 Å². The van der Waals surface area contributed by atoms with E-state index in [0.29, 0.717) is 5.69 Å². The first kappa shape index (κ1) is 22.5. The number of methoxy groups -OCH3 is 1. The van der Waals surface area contributed by atoms with Crippen LogP contribution in [-0.2, 0) is 23.0 Å². The van der Waals surface area contributed by atoms with E-state index >= 15 is 0 Å². The summed E-state index contributed by atoms with van der Waals surface area (Å²) < 4.78 is 33.1. The zero-order chi connectivity index (χ0) is 22.4. The monoisotopic (exact) mass is 438 g/mol. The average Bonchev–Trinajstić information content (AvgIpc) is 2.79. The van der Waals surface area contributed by atoms with E-state index in [1.807, 2.05) is 61.5 Å². The van der Waals surface area contributed by atoms with Crippen LogP contribution in [0, 0.1) is 0 Å². The molecule has 0 bridgehead atoms. The van der Waals surface area contributed by atoms with E-state index in [1.54, 1.807) is 6.07 Å². The van der Waals surface area contributed by atoms with Crippen LogP contribution in [0.15, 0.2) is 77.7 Å². The number of ether oxygens (including phenoxy) is 1. The van der Waals surface area contributed by atoms with E-state index in [0.717, 1.165) is 17.5 Å². The van der Waals surface area contributed by atoms with Gasteiger partial charge in [0.1, 0.15) is 10.6 Å². The molecular formula is C24H26N2O4S. The Morgan fingerprint density at radius 1 is 1.00 bits per heavy atom. The summed E-state index contributed by atoms with van der Waals surface area (Å²) in [7, 11) is -0.982. The van der Waals surface area contributed by atoms with Gasteiger partial charge in [0.25, 0.3) is 5.91 Å². The first-order valence-corrected chi connectivity index (χ1v) is 11.4. The fourth-order valence-electron chi connectivity index (χ4n) is 3.26. The first-order valence-electron chi connectivity index (χ1n) is 9.94. The van der Waals surface area contributed by atoms with Gasteiger partial charge in [-0.25, -0.2) is 8.42 Å². The molecule has 0 saturated heterocycles. The summed E-state index contributed by atoms with van der Waals surface area (Å²) in [4.78, 5) is 12.8. The number of nitrogens with one attached hydrogen (secondary N) is 1. The van der Waals surface area contributed by atoms with Crippen molar-refractivity contribution in [1.82, 2.24) is 4.31 Å². The van der Waals surface area contributed by atoms with Gasteiger partial charge in [-0.05, 0) is 41.8 Å². The number of para-hydroxylation sites is 1. The molecule has 0 aliphatic heterocycles. The Morgan fingerprint density at radius 2 is 1.68 bits per heavy atom. The summed E-state index contributed by atoms with van der Waals surface area (Å²) in [6, 6.07) is 21.2. The lowest BCUT2D eigenvalue weighted by Crippen LogP contribution is -2.27. The quantitative estimate of drug-likeness (QED) is 0.568. The van der Waals surface area contributed by atoms with Gasteiger partial charge in [0.2, 0.25) is 10.0 Å². The minimum absolute atomic E-state index is 0.0511. The molecular weight excluding hydrogens is 412 g/mol. The van der Waals surface area contributed by atoms with Crippen molar-refractivity contribution < 1.29 is 17.9 Å². The number of anilines is 1. The molecule has 0 atom stereocenters. The minimum Gasteiger partial charge on any atom is -0.495 e. The van der Waals surface area contributed by atoms with Gasteiger partial charge in [0.05, 0.1) is 7.11 Å². The molecule has 0 aliphatic carbocycles. The lowest BCUT2D eigenvalue weighted by Gasteiger charge is -2.19. The van der Waals surface area contributed by atoms with Crippen molar-refractivity contribution >= 4 is 21.6 Å². The summed E-state index contributed by atoms with van der Waals surface area (Å²) in [6.45, 7) is 2.21. The highest BCUT2D eigenvalue weighted by Gasteiger charge is 2.26. The lowest BCUT2D eigenvalue weighted by atomic mass is 10.1. The van der Waals surface area contributed by atoms with Gasteiger partial charge in [-0.2, -0.15) is 4.31 Å². The van der Waals surface area contributed by atoms with Crippen LogP contribution >= 0.6 is 0 Å². The van der Waals surface area contributed by atoms with Crippen LogP contribution in [0.3, 0.4) is 0 Å². The summed E-state index contributed by atoms with van der Waals surface area (Å²) in [5, 5.41) is 2.87.